The van der Waals surface area contributed by atoms with Crippen molar-refractivity contribution in [2.75, 3.05) is 48.4 Å². The molecule has 1 saturated heterocycles. The maximum Gasteiger partial charge on any atom is 0.323 e. The van der Waals surface area contributed by atoms with Crippen molar-refractivity contribution in [3.05, 3.63) is 54.4 Å². The lowest BCUT2D eigenvalue weighted by Gasteiger charge is -2.29. The molecule has 2 aromatic heterocycles. The normalized spacial score (nSPS) is 13.4. The van der Waals surface area contributed by atoms with Gasteiger partial charge in [0.05, 0.1) is 37.2 Å². The molecule has 1 fully saturated rings. The third-order valence-corrected chi connectivity index (χ3v) is 5.91. The van der Waals surface area contributed by atoms with Crippen LogP contribution in [0, 0.1) is 0 Å². The van der Waals surface area contributed by atoms with Crippen LogP contribution in [-0.4, -0.2) is 64.9 Å². The number of carbonyl (C=O) groups is 2. The van der Waals surface area contributed by atoms with Crippen molar-refractivity contribution < 1.29 is 19.1 Å². The van der Waals surface area contributed by atoms with Gasteiger partial charge in [-0.15, -0.1) is 0 Å². The maximum atomic E-state index is 12.6. The van der Waals surface area contributed by atoms with Crippen molar-refractivity contribution in [1.82, 2.24) is 20.2 Å². The molecule has 11 nitrogen and oxygen atoms in total. The van der Waals surface area contributed by atoms with Crippen molar-refractivity contribution >= 4 is 39.9 Å². The van der Waals surface area contributed by atoms with E-state index < -0.39 is 0 Å². The second-order valence-corrected chi connectivity index (χ2v) is 8.43. The van der Waals surface area contributed by atoms with Gasteiger partial charge in [-0.2, -0.15) is 5.10 Å². The Bertz CT molecular complexity index is 1430. The topological polar surface area (TPSA) is 134 Å². The lowest BCUT2D eigenvalue weighted by molar-refractivity contribution is 0.100. The lowest BCUT2D eigenvalue weighted by Crippen LogP contribution is -2.37. The Morgan fingerprint density at radius 1 is 1.08 bits per heavy atom. The number of carbonyl (C=O) groups excluding carboxylic acids is 2. The summed E-state index contributed by atoms with van der Waals surface area (Å²) in [5, 5.41) is 13.4. The number of ketones is 1. The second-order valence-electron chi connectivity index (χ2n) is 8.43. The average molecular weight is 502 g/mol. The van der Waals surface area contributed by atoms with Crippen molar-refractivity contribution in [3.8, 4) is 17.1 Å². The SMILES string of the molecule is CCOc1c(C(C)=O)nc(-c2ccc(NC(=O)Nc3cccc4[nH]ncc34)cc2)nc1N1CCOCC1. The highest BCUT2D eigenvalue weighted by Crippen LogP contribution is 2.33. The molecule has 3 N–H and O–H groups in total. The van der Waals surface area contributed by atoms with Crippen molar-refractivity contribution in [1.29, 1.82) is 0 Å². The number of ether oxygens (including phenoxy) is 2. The molecule has 3 heterocycles. The maximum absolute atomic E-state index is 12.6. The number of morpholine rings is 1. The predicted octanol–water partition coefficient (Wildman–Crippen LogP) is 4.10. The minimum atomic E-state index is -0.382. The molecule has 190 valence electrons. The Balaban J connectivity index is 1.38. The molecule has 37 heavy (non-hydrogen) atoms. The fourth-order valence-electron chi connectivity index (χ4n) is 4.14. The highest BCUT2D eigenvalue weighted by atomic mass is 16.5. The van der Waals surface area contributed by atoms with Gasteiger partial charge in [-0.05, 0) is 43.3 Å². The Hall–Kier alpha value is -4.51. The summed E-state index contributed by atoms with van der Waals surface area (Å²) in [6.45, 7) is 6.12. The zero-order valence-corrected chi connectivity index (χ0v) is 20.6. The minimum Gasteiger partial charge on any atom is -0.488 e. The molecule has 2 amide bonds. The Labute approximate surface area is 213 Å². The number of amides is 2. The first-order chi connectivity index (χ1) is 18.0. The van der Waals surface area contributed by atoms with E-state index in [0.29, 0.717) is 67.2 Å². The number of fused-ring (bicyclic) bond motifs is 1. The van der Waals surface area contributed by atoms with E-state index in [9.17, 15) is 9.59 Å². The molecule has 0 atom stereocenters. The van der Waals surface area contributed by atoms with E-state index in [4.69, 9.17) is 14.5 Å². The predicted molar refractivity (Wildman–Crippen MR) is 140 cm³/mol. The number of aromatic nitrogens is 4. The van der Waals surface area contributed by atoms with E-state index >= 15 is 0 Å². The lowest BCUT2D eigenvalue weighted by atomic mass is 10.1. The van der Waals surface area contributed by atoms with Crippen molar-refractivity contribution in [2.24, 2.45) is 0 Å². The summed E-state index contributed by atoms with van der Waals surface area (Å²) in [6, 6.07) is 12.3. The van der Waals surface area contributed by atoms with Crippen LogP contribution in [0.1, 0.15) is 24.3 Å². The largest absolute Gasteiger partial charge is 0.488 e. The molecule has 2 aromatic carbocycles. The Morgan fingerprint density at radius 3 is 2.59 bits per heavy atom. The summed E-state index contributed by atoms with van der Waals surface area (Å²) in [6.07, 6.45) is 1.66. The molecular weight excluding hydrogens is 474 g/mol. The highest BCUT2D eigenvalue weighted by molar-refractivity contribution is 6.05. The molecule has 0 unspecified atom stereocenters. The molecule has 0 aliphatic carbocycles. The van der Waals surface area contributed by atoms with Crippen LogP contribution in [0.3, 0.4) is 0 Å². The average Bonchev–Trinajstić information content (AvgIpc) is 3.40. The van der Waals surface area contributed by atoms with Crippen molar-refractivity contribution in [2.45, 2.75) is 13.8 Å². The van der Waals surface area contributed by atoms with E-state index in [1.54, 1.807) is 30.5 Å². The van der Waals surface area contributed by atoms with Gasteiger partial charge in [-0.1, -0.05) is 6.07 Å². The number of rotatable bonds is 7. The fraction of sp³-hybridized carbons (Fsp3) is 0.269. The van der Waals surface area contributed by atoms with E-state index in [2.05, 4.69) is 25.8 Å². The number of aromatic amines is 1. The van der Waals surface area contributed by atoms with Gasteiger partial charge in [0.1, 0.15) is 0 Å². The number of urea groups is 1. The van der Waals surface area contributed by atoms with Crippen LogP contribution in [0.25, 0.3) is 22.3 Å². The molecule has 0 saturated carbocycles. The number of H-pyrrole nitrogens is 1. The van der Waals surface area contributed by atoms with E-state index in [1.807, 2.05) is 30.0 Å². The van der Waals surface area contributed by atoms with Gasteiger partial charge in [0.25, 0.3) is 0 Å². The summed E-state index contributed by atoms with van der Waals surface area (Å²) in [5.41, 5.74) is 3.01. The molecule has 0 bridgehead atoms. The van der Waals surface area contributed by atoms with Gasteiger partial charge in [-0.25, -0.2) is 14.8 Å². The first-order valence-electron chi connectivity index (χ1n) is 12.0. The number of benzene rings is 2. The zero-order valence-electron chi connectivity index (χ0n) is 20.6. The molecule has 0 spiro atoms. The standard InChI is InChI=1S/C26H27N7O4/c1-3-37-23-22(16(2)34)30-24(31-25(23)33-11-13-36-14-12-33)17-7-9-18(10-8-17)28-26(35)29-20-5-4-6-21-19(20)15-27-32-21/h4-10,15H,3,11-14H2,1-2H3,(H,27,32)(H2,28,29,35). The van der Waals surface area contributed by atoms with Crippen LogP contribution in [0.4, 0.5) is 22.0 Å². The molecular formula is C26H27N7O4. The smallest absolute Gasteiger partial charge is 0.323 e. The first kappa shape index (κ1) is 24.2. The van der Waals surface area contributed by atoms with Gasteiger partial charge in [-0.3, -0.25) is 9.89 Å². The van der Waals surface area contributed by atoms with E-state index in [1.165, 1.54) is 6.92 Å². The summed E-state index contributed by atoms with van der Waals surface area (Å²) in [5.74, 6) is 1.17. The van der Waals surface area contributed by atoms with Crippen LogP contribution in [-0.2, 0) is 4.74 Å². The van der Waals surface area contributed by atoms with Gasteiger partial charge in [0.2, 0.25) is 0 Å². The van der Waals surface area contributed by atoms with Gasteiger partial charge < -0.3 is 25.0 Å². The molecule has 1 aliphatic rings. The van der Waals surface area contributed by atoms with E-state index in [-0.39, 0.29) is 17.5 Å². The quantitative estimate of drug-likeness (QED) is 0.322. The van der Waals surface area contributed by atoms with Gasteiger partial charge in [0, 0.05) is 36.7 Å². The summed E-state index contributed by atoms with van der Waals surface area (Å²) >= 11 is 0. The van der Waals surface area contributed by atoms with Crippen LogP contribution >= 0.6 is 0 Å². The fourth-order valence-corrected chi connectivity index (χ4v) is 4.14. The number of nitrogens with one attached hydrogen (secondary N) is 3. The van der Waals surface area contributed by atoms with Crippen LogP contribution in [0.15, 0.2) is 48.7 Å². The molecule has 4 aromatic rings. The Kier molecular flexibility index (Phi) is 6.95. The number of anilines is 3. The molecule has 0 radical (unpaired) electrons. The van der Waals surface area contributed by atoms with Crippen molar-refractivity contribution in [3.63, 3.8) is 0 Å². The number of hydrogen-bond acceptors (Lipinski definition) is 8. The third kappa shape index (κ3) is 5.21. The van der Waals surface area contributed by atoms with Crippen LogP contribution in [0.5, 0.6) is 5.75 Å². The van der Waals surface area contributed by atoms with E-state index in [0.717, 1.165) is 10.9 Å². The monoisotopic (exact) mass is 501 g/mol. The minimum absolute atomic E-state index is 0.204. The highest BCUT2D eigenvalue weighted by Gasteiger charge is 2.25. The summed E-state index contributed by atoms with van der Waals surface area (Å²) < 4.78 is 11.3. The van der Waals surface area contributed by atoms with Gasteiger partial charge in [0.15, 0.2) is 28.9 Å². The number of nitrogens with zero attached hydrogens (tertiary/aromatic N) is 4. The second kappa shape index (κ2) is 10.6. The summed E-state index contributed by atoms with van der Waals surface area (Å²) in [7, 11) is 0. The third-order valence-electron chi connectivity index (χ3n) is 5.91. The first-order valence-corrected chi connectivity index (χ1v) is 12.0. The summed E-state index contributed by atoms with van der Waals surface area (Å²) in [4.78, 5) is 36.4. The van der Waals surface area contributed by atoms with Gasteiger partial charge >= 0.3 is 6.03 Å². The molecule has 1 aliphatic heterocycles. The number of Topliss-reactive ketones (excluding diaryl/α,β-unsaturated/α-hetero) is 1. The molecule has 5 rings (SSSR count). The van der Waals surface area contributed by atoms with Crippen LogP contribution in [0.2, 0.25) is 0 Å². The zero-order chi connectivity index (χ0) is 25.8. The number of hydrogen-bond donors (Lipinski definition) is 3. The Morgan fingerprint density at radius 2 is 1.86 bits per heavy atom. The van der Waals surface area contributed by atoms with Crippen LogP contribution < -0.4 is 20.3 Å². The molecule has 11 heteroatoms.